The fraction of sp³-hybridized carbons (Fsp3) is 0. The lowest BCUT2D eigenvalue weighted by atomic mass is 9.86. The van der Waals surface area contributed by atoms with Gasteiger partial charge >= 0.3 is 0 Å². The highest BCUT2D eigenvalue weighted by atomic mass is 32.2. The van der Waals surface area contributed by atoms with E-state index in [1.807, 2.05) is 48.5 Å². The van der Waals surface area contributed by atoms with Crippen LogP contribution in [-0.4, -0.2) is 25.9 Å². The monoisotopic (exact) mass is 490 g/mol. The quantitative estimate of drug-likeness (QED) is 0.243. The third kappa shape index (κ3) is 3.86. The smallest absolute Gasteiger partial charge is 0.282 e. The summed E-state index contributed by atoms with van der Waals surface area (Å²) >= 11 is 0. The number of fused-ring (bicyclic) bond motifs is 2. The molecule has 0 unspecified atom stereocenters. The van der Waals surface area contributed by atoms with E-state index in [2.05, 4.69) is 0 Å². The molecule has 0 spiro atoms. The summed E-state index contributed by atoms with van der Waals surface area (Å²) in [5.41, 5.74) is 3.39. The second-order valence-electron chi connectivity index (χ2n) is 7.84. The molecule has 0 radical (unpaired) electrons. The van der Waals surface area contributed by atoms with Gasteiger partial charge in [-0.25, -0.2) is 0 Å². The lowest BCUT2D eigenvalue weighted by Crippen LogP contribution is -1.98. The first-order valence-electron chi connectivity index (χ1n) is 10.2. The molecule has 5 aromatic carbocycles. The third-order valence-corrected chi connectivity index (χ3v) is 7.55. The van der Waals surface area contributed by atoms with Crippen LogP contribution in [0.15, 0.2) is 107 Å². The Bertz CT molecular complexity index is 1580. The van der Waals surface area contributed by atoms with Crippen molar-refractivity contribution in [3.63, 3.8) is 0 Å². The van der Waals surface area contributed by atoms with Gasteiger partial charge in [-0.05, 0) is 68.1 Å². The molecule has 0 atom stereocenters. The molecule has 0 heterocycles. The summed E-state index contributed by atoms with van der Waals surface area (Å²) in [6.07, 6.45) is 0. The number of benzene rings is 5. The standard InChI is InChI=1S/C26H18O6S2/c27-33(28,29)19-13-9-17(10-14-19)25-21-5-1-2-6-22(21)26(24-8-4-3-7-23(24)25)18-11-15-20(16-12-18)34(30,31)32/h1-16H,(H,27,28,29)(H,30,31,32). The Morgan fingerprint density at radius 1 is 0.412 bits per heavy atom. The van der Waals surface area contributed by atoms with Gasteiger partial charge in [0.05, 0.1) is 9.79 Å². The van der Waals surface area contributed by atoms with Gasteiger partial charge in [0, 0.05) is 0 Å². The van der Waals surface area contributed by atoms with Crippen LogP contribution in [-0.2, 0) is 20.2 Å². The fourth-order valence-electron chi connectivity index (χ4n) is 4.34. The Labute approximate surface area is 196 Å². The molecular formula is C26H18O6S2. The van der Waals surface area contributed by atoms with Crippen molar-refractivity contribution in [3.8, 4) is 22.3 Å². The molecule has 0 fully saturated rings. The Morgan fingerprint density at radius 2 is 0.676 bits per heavy atom. The van der Waals surface area contributed by atoms with Gasteiger partial charge in [0.25, 0.3) is 20.2 Å². The first-order valence-corrected chi connectivity index (χ1v) is 13.1. The van der Waals surface area contributed by atoms with E-state index in [0.717, 1.165) is 43.8 Å². The van der Waals surface area contributed by atoms with Gasteiger partial charge in [-0.1, -0.05) is 72.8 Å². The molecule has 5 aromatic rings. The van der Waals surface area contributed by atoms with Crippen molar-refractivity contribution in [1.82, 2.24) is 0 Å². The van der Waals surface area contributed by atoms with Crippen molar-refractivity contribution in [2.24, 2.45) is 0 Å². The summed E-state index contributed by atoms with van der Waals surface area (Å²) in [6.45, 7) is 0. The molecule has 0 saturated heterocycles. The SMILES string of the molecule is O=S(=O)(O)c1ccc(-c2c3ccccc3c(-c3ccc(S(=O)(=O)O)cc3)c3ccccc23)cc1. The van der Waals surface area contributed by atoms with Gasteiger partial charge < -0.3 is 0 Å². The molecule has 0 aliphatic rings. The van der Waals surface area contributed by atoms with Gasteiger partial charge in [0.2, 0.25) is 0 Å². The molecule has 34 heavy (non-hydrogen) atoms. The van der Waals surface area contributed by atoms with Crippen molar-refractivity contribution in [2.45, 2.75) is 9.79 Å². The molecule has 170 valence electrons. The Morgan fingerprint density at radius 3 is 0.912 bits per heavy atom. The summed E-state index contributed by atoms with van der Waals surface area (Å²) in [5.74, 6) is 0. The Kier molecular flexibility index (Phi) is 5.26. The van der Waals surface area contributed by atoms with E-state index in [1.165, 1.54) is 24.3 Å². The van der Waals surface area contributed by atoms with Crippen LogP contribution in [0.5, 0.6) is 0 Å². The number of hydrogen-bond donors (Lipinski definition) is 2. The van der Waals surface area contributed by atoms with Crippen LogP contribution in [0.3, 0.4) is 0 Å². The molecule has 2 N–H and O–H groups in total. The second kappa shape index (κ2) is 8.03. The number of rotatable bonds is 4. The molecule has 0 aromatic heterocycles. The summed E-state index contributed by atoms with van der Waals surface area (Å²) < 4.78 is 64.7. The fourth-order valence-corrected chi connectivity index (χ4v) is 5.30. The van der Waals surface area contributed by atoms with E-state index in [0.29, 0.717) is 0 Å². The van der Waals surface area contributed by atoms with Gasteiger partial charge in [-0.2, -0.15) is 16.8 Å². The average molecular weight is 491 g/mol. The highest BCUT2D eigenvalue weighted by Crippen LogP contribution is 2.43. The molecular weight excluding hydrogens is 472 g/mol. The summed E-state index contributed by atoms with van der Waals surface area (Å²) in [7, 11) is -8.61. The Balaban J connectivity index is 1.84. The zero-order chi connectivity index (χ0) is 24.1. The maximum absolute atomic E-state index is 11.5. The topological polar surface area (TPSA) is 109 Å². The molecule has 5 rings (SSSR count). The maximum atomic E-state index is 11.5. The Hall–Kier alpha value is -3.56. The van der Waals surface area contributed by atoms with Crippen LogP contribution >= 0.6 is 0 Å². The van der Waals surface area contributed by atoms with Gasteiger partial charge in [-0.3, -0.25) is 9.11 Å². The lowest BCUT2D eigenvalue weighted by molar-refractivity contribution is 0.481. The van der Waals surface area contributed by atoms with Crippen LogP contribution in [0.2, 0.25) is 0 Å². The van der Waals surface area contributed by atoms with E-state index in [1.54, 1.807) is 24.3 Å². The zero-order valence-corrected chi connectivity index (χ0v) is 19.2. The van der Waals surface area contributed by atoms with E-state index in [-0.39, 0.29) is 9.79 Å². The molecule has 0 aliphatic carbocycles. The summed E-state index contributed by atoms with van der Waals surface area (Å²) in [5, 5.41) is 3.70. The van der Waals surface area contributed by atoms with Crippen LogP contribution in [0, 0.1) is 0 Å². The highest BCUT2D eigenvalue weighted by molar-refractivity contribution is 7.86. The predicted molar refractivity (Wildman–Crippen MR) is 132 cm³/mol. The molecule has 8 heteroatoms. The molecule has 0 bridgehead atoms. The first-order chi connectivity index (χ1) is 16.1. The van der Waals surface area contributed by atoms with Gasteiger partial charge in [0.1, 0.15) is 0 Å². The first kappa shape index (κ1) is 22.2. The maximum Gasteiger partial charge on any atom is 0.294 e. The van der Waals surface area contributed by atoms with Crippen molar-refractivity contribution in [2.75, 3.05) is 0 Å². The largest absolute Gasteiger partial charge is 0.294 e. The molecule has 6 nitrogen and oxygen atoms in total. The van der Waals surface area contributed by atoms with E-state index >= 15 is 0 Å². The third-order valence-electron chi connectivity index (χ3n) is 5.81. The van der Waals surface area contributed by atoms with E-state index in [4.69, 9.17) is 0 Å². The predicted octanol–water partition coefficient (Wildman–Crippen LogP) is 5.82. The van der Waals surface area contributed by atoms with Crippen molar-refractivity contribution >= 4 is 41.8 Å². The van der Waals surface area contributed by atoms with Crippen molar-refractivity contribution in [3.05, 3.63) is 97.1 Å². The van der Waals surface area contributed by atoms with Crippen molar-refractivity contribution in [1.29, 1.82) is 0 Å². The van der Waals surface area contributed by atoms with Gasteiger partial charge in [-0.15, -0.1) is 0 Å². The van der Waals surface area contributed by atoms with Crippen LogP contribution in [0.25, 0.3) is 43.8 Å². The van der Waals surface area contributed by atoms with Crippen molar-refractivity contribution < 1.29 is 25.9 Å². The van der Waals surface area contributed by atoms with Gasteiger partial charge in [0.15, 0.2) is 0 Å². The van der Waals surface area contributed by atoms with E-state index < -0.39 is 20.2 Å². The summed E-state index contributed by atoms with van der Waals surface area (Å²) in [4.78, 5) is -0.360. The number of hydrogen-bond acceptors (Lipinski definition) is 4. The van der Waals surface area contributed by atoms with Crippen LogP contribution < -0.4 is 0 Å². The minimum atomic E-state index is -4.30. The summed E-state index contributed by atoms with van der Waals surface area (Å²) in [6, 6.07) is 27.7. The van der Waals surface area contributed by atoms with E-state index in [9.17, 15) is 25.9 Å². The zero-order valence-electron chi connectivity index (χ0n) is 17.6. The molecule has 0 saturated carbocycles. The average Bonchev–Trinajstić information content (AvgIpc) is 2.81. The minimum absolute atomic E-state index is 0.180. The second-order valence-corrected chi connectivity index (χ2v) is 10.7. The minimum Gasteiger partial charge on any atom is -0.282 e. The lowest BCUT2D eigenvalue weighted by Gasteiger charge is -2.18. The highest BCUT2D eigenvalue weighted by Gasteiger charge is 2.18. The van der Waals surface area contributed by atoms with Crippen LogP contribution in [0.4, 0.5) is 0 Å². The molecule has 0 amide bonds. The van der Waals surface area contributed by atoms with Crippen LogP contribution in [0.1, 0.15) is 0 Å². The normalized spacial score (nSPS) is 12.3. The molecule has 0 aliphatic heterocycles.